The molecule has 0 aliphatic heterocycles. The van der Waals surface area contributed by atoms with Gasteiger partial charge in [-0.15, -0.1) is 5.10 Å². The average molecular weight is 441 g/mol. The predicted molar refractivity (Wildman–Crippen MR) is 125 cm³/mol. The zero-order valence-corrected chi connectivity index (χ0v) is 18.6. The molecule has 1 N–H and O–H groups in total. The molecule has 3 aromatic rings. The molecule has 168 valence electrons. The molecule has 1 amide bonds. The highest BCUT2D eigenvalue weighted by molar-refractivity contribution is 5.79. The minimum absolute atomic E-state index is 0.0271. The largest absolute Gasteiger partial charge is 0.452 e. The molecule has 1 aromatic heterocycles. The SMILES string of the molecule is O=C(COc1nnc(-c2ccccc2)c(-c2ccccc2)n1)NC12CC3CC(CC(C3)C1)C2. The van der Waals surface area contributed by atoms with E-state index in [2.05, 4.69) is 20.5 Å². The second-order valence-corrected chi connectivity index (χ2v) is 10.1. The molecule has 1 heterocycles. The Morgan fingerprint density at radius 1 is 0.818 bits per heavy atom. The van der Waals surface area contributed by atoms with E-state index in [1.165, 1.54) is 19.3 Å². The predicted octanol–water partition coefficient (Wildman–Crippen LogP) is 4.67. The van der Waals surface area contributed by atoms with Gasteiger partial charge in [-0.05, 0) is 56.3 Å². The molecule has 4 aliphatic rings. The van der Waals surface area contributed by atoms with Crippen LogP contribution in [0.5, 0.6) is 6.01 Å². The van der Waals surface area contributed by atoms with Crippen LogP contribution in [0, 0.1) is 17.8 Å². The smallest absolute Gasteiger partial charge is 0.336 e. The van der Waals surface area contributed by atoms with E-state index in [-0.39, 0.29) is 24.1 Å². The van der Waals surface area contributed by atoms with Gasteiger partial charge in [0.1, 0.15) is 11.4 Å². The van der Waals surface area contributed by atoms with E-state index in [1.54, 1.807) is 0 Å². The van der Waals surface area contributed by atoms with Crippen LogP contribution in [-0.4, -0.2) is 33.2 Å². The Hall–Kier alpha value is -3.28. The number of amides is 1. The van der Waals surface area contributed by atoms with Gasteiger partial charge >= 0.3 is 6.01 Å². The molecule has 4 fully saturated rings. The molecule has 7 rings (SSSR count). The first kappa shape index (κ1) is 20.3. The van der Waals surface area contributed by atoms with Gasteiger partial charge in [0.05, 0.1) is 0 Å². The van der Waals surface area contributed by atoms with E-state index < -0.39 is 0 Å². The summed E-state index contributed by atoms with van der Waals surface area (Å²) in [6, 6.07) is 19.8. The van der Waals surface area contributed by atoms with Gasteiger partial charge < -0.3 is 10.1 Å². The highest BCUT2D eigenvalue weighted by atomic mass is 16.5. The Balaban J connectivity index is 1.19. The summed E-state index contributed by atoms with van der Waals surface area (Å²) in [6.45, 7) is -0.0949. The van der Waals surface area contributed by atoms with Crippen LogP contribution in [0.25, 0.3) is 22.5 Å². The fourth-order valence-corrected chi connectivity index (χ4v) is 6.69. The van der Waals surface area contributed by atoms with Crippen molar-refractivity contribution in [3.05, 3.63) is 60.7 Å². The summed E-state index contributed by atoms with van der Waals surface area (Å²) in [4.78, 5) is 17.5. The third-order valence-electron chi connectivity index (χ3n) is 7.54. The Bertz CT molecular complexity index is 1110. The summed E-state index contributed by atoms with van der Waals surface area (Å²) < 4.78 is 5.74. The highest BCUT2D eigenvalue weighted by Crippen LogP contribution is 2.55. The van der Waals surface area contributed by atoms with E-state index in [4.69, 9.17) is 4.74 Å². The van der Waals surface area contributed by atoms with Gasteiger partial charge in [-0.3, -0.25) is 4.79 Å². The van der Waals surface area contributed by atoms with Crippen molar-refractivity contribution in [2.45, 2.75) is 44.1 Å². The molecule has 4 saturated carbocycles. The van der Waals surface area contributed by atoms with Crippen LogP contribution >= 0.6 is 0 Å². The molecule has 0 saturated heterocycles. The monoisotopic (exact) mass is 440 g/mol. The number of benzene rings is 2. The lowest BCUT2D eigenvalue weighted by Crippen LogP contribution is -2.60. The van der Waals surface area contributed by atoms with E-state index in [1.807, 2.05) is 60.7 Å². The van der Waals surface area contributed by atoms with Crippen LogP contribution in [0.4, 0.5) is 0 Å². The maximum atomic E-state index is 12.8. The third kappa shape index (κ3) is 4.10. The number of hydrogen-bond donors (Lipinski definition) is 1. The van der Waals surface area contributed by atoms with Crippen LogP contribution in [0.3, 0.4) is 0 Å². The molecule has 4 bridgehead atoms. The number of carbonyl (C=O) groups excluding carboxylic acids is 1. The Kier molecular flexibility index (Phi) is 5.08. The topological polar surface area (TPSA) is 77.0 Å². The van der Waals surface area contributed by atoms with Gasteiger partial charge in [-0.2, -0.15) is 4.98 Å². The fourth-order valence-electron chi connectivity index (χ4n) is 6.69. The number of hydrogen-bond acceptors (Lipinski definition) is 5. The third-order valence-corrected chi connectivity index (χ3v) is 7.54. The summed E-state index contributed by atoms with van der Waals surface area (Å²) in [5.74, 6) is 2.26. The quantitative estimate of drug-likeness (QED) is 0.603. The normalized spacial score (nSPS) is 27.3. The number of rotatable bonds is 6. The Morgan fingerprint density at radius 3 is 1.94 bits per heavy atom. The molecular formula is C27H28N4O2. The zero-order chi connectivity index (χ0) is 22.3. The van der Waals surface area contributed by atoms with Crippen LogP contribution in [0.1, 0.15) is 38.5 Å². The van der Waals surface area contributed by atoms with Crippen molar-refractivity contribution in [1.82, 2.24) is 20.5 Å². The van der Waals surface area contributed by atoms with Crippen LogP contribution in [0.15, 0.2) is 60.7 Å². The van der Waals surface area contributed by atoms with Crippen molar-refractivity contribution in [3.8, 4) is 28.5 Å². The van der Waals surface area contributed by atoms with E-state index >= 15 is 0 Å². The highest BCUT2D eigenvalue weighted by Gasteiger charge is 2.51. The number of nitrogens with one attached hydrogen (secondary N) is 1. The standard InChI is InChI=1S/C27H28N4O2/c32-23(29-27-14-18-11-19(15-27)13-20(12-18)16-27)17-33-26-28-24(21-7-3-1-4-8-21)25(30-31-26)22-9-5-2-6-10-22/h1-10,18-20H,11-17H2,(H,29,32). The number of nitrogens with zero attached hydrogens (tertiary/aromatic N) is 3. The lowest BCUT2D eigenvalue weighted by Gasteiger charge is -2.56. The summed E-state index contributed by atoms with van der Waals surface area (Å²) in [6.07, 6.45) is 7.40. The molecule has 0 atom stereocenters. The number of ether oxygens (including phenoxy) is 1. The summed E-state index contributed by atoms with van der Waals surface area (Å²) >= 11 is 0. The van der Waals surface area contributed by atoms with Crippen molar-refractivity contribution in [3.63, 3.8) is 0 Å². The minimum atomic E-state index is -0.0949. The van der Waals surface area contributed by atoms with Gasteiger partial charge in [-0.1, -0.05) is 65.8 Å². The molecule has 0 spiro atoms. The van der Waals surface area contributed by atoms with Crippen LogP contribution in [0.2, 0.25) is 0 Å². The van der Waals surface area contributed by atoms with Gasteiger partial charge in [0.15, 0.2) is 6.61 Å². The summed E-state index contributed by atoms with van der Waals surface area (Å²) in [5, 5.41) is 11.9. The second kappa shape index (κ2) is 8.25. The first-order valence-corrected chi connectivity index (χ1v) is 12.0. The van der Waals surface area contributed by atoms with Crippen LogP contribution < -0.4 is 10.1 Å². The van der Waals surface area contributed by atoms with Crippen molar-refractivity contribution >= 4 is 5.91 Å². The maximum absolute atomic E-state index is 12.8. The first-order chi connectivity index (χ1) is 16.2. The zero-order valence-electron chi connectivity index (χ0n) is 18.6. The molecule has 0 radical (unpaired) electrons. The lowest BCUT2D eigenvalue weighted by molar-refractivity contribution is -0.129. The summed E-state index contributed by atoms with van der Waals surface area (Å²) in [7, 11) is 0. The van der Waals surface area contributed by atoms with Crippen molar-refractivity contribution in [1.29, 1.82) is 0 Å². The van der Waals surface area contributed by atoms with Gasteiger partial charge in [-0.25, -0.2) is 0 Å². The van der Waals surface area contributed by atoms with Gasteiger partial charge in [0.2, 0.25) is 0 Å². The second-order valence-electron chi connectivity index (χ2n) is 10.1. The van der Waals surface area contributed by atoms with E-state index in [0.717, 1.165) is 48.1 Å². The van der Waals surface area contributed by atoms with Gasteiger partial charge in [0.25, 0.3) is 5.91 Å². The Labute approximate surface area is 193 Å². The molecule has 6 heteroatoms. The Morgan fingerprint density at radius 2 is 1.36 bits per heavy atom. The molecule has 2 aromatic carbocycles. The molecule has 4 aliphatic carbocycles. The molecule has 6 nitrogen and oxygen atoms in total. The number of aromatic nitrogens is 3. The number of carbonyl (C=O) groups is 1. The van der Waals surface area contributed by atoms with Crippen molar-refractivity contribution < 1.29 is 9.53 Å². The maximum Gasteiger partial charge on any atom is 0.336 e. The van der Waals surface area contributed by atoms with Crippen molar-refractivity contribution in [2.24, 2.45) is 17.8 Å². The molecule has 33 heavy (non-hydrogen) atoms. The van der Waals surface area contributed by atoms with Crippen molar-refractivity contribution in [2.75, 3.05) is 6.61 Å². The first-order valence-electron chi connectivity index (χ1n) is 12.0. The van der Waals surface area contributed by atoms with Crippen LogP contribution in [-0.2, 0) is 4.79 Å². The van der Waals surface area contributed by atoms with E-state index in [9.17, 15) is 4.79 Å². The van der Waals surface area contributed by atoms with Gasteiger partial charge in [0, 0.05) is 16.7 Å². The average Bonchev–Trinajstić information content (AvgIpc) is 2.82. The van der Waals surface area contributed by atoms with E-state index in [0.29, 0.717) is 11.4 Å². The molecule has 0 unspecified atom stereocenters. The lowest BCUT2D eigenvalue weighted by atomic mass is 9.53. The summed E-state index contributed by atoms with van der Waals surface area (Å²) in [5.41, 5.74) is 3.21. The fraction of sp³-hybridized carbons (Fsp3) is 0.407. The molecular weight excluding hydrogens is 412 g/mol. The minimum Gasteiger partial charge on any atom is -0.452 e.